The Kier molecular flexibility index (Phi) is 11.9. The SMILES string of the molecule is CC[NH+](CC)CCO.[I-]. The van der Waals surface area contributed by atoms with E-state index in [-0.39, 0.29) is 24.0 Å². The van der Waals surface area contributed by atoms with Gasteiger partial charge in [0.1, 0.15) is 6.54 Å². The molecule has 0 aliphatic carbocycles. The number of aliphatic hydroxyl groups excluding tert-OH is 1. The van der Waals surface area contributed by atoms with Crippen LogP contribution in [0.4, 0.5) is 0 Å². The van der Waals surface area contributed by atoms with Gasteiger partial charge in [-0.05, 0) is 13.8 Å². The number of nitrogens with one attached hydrogen (secondary N) is 1. The summed E-state index contributed by atoms with van der Waals surface area (Å²) < 4.78 is 0. The van der Waals surface area contributed by atoms with Crippen molar-refractivity contribution in [2.45, 2.75) is 13.8 Å². The van der Waals surface area contributed by atoms with Crippen LogP contribution < -0.4 is 28.9 Å². The third-order valence-corrected chi connectivity index (χ3v) is 1.47. The molecule has 0 spiro atoms. The largest absolute Gasteiger partial charge is 1.00 e. The molecule has 0 saturated heterocycles. The zero-order chi connectivity index (χ0) is 6.41. The maximum absolute atomic E-state index is 8.48. The van der Waals surface area contributed by atoms with Crippen molar-refractivity contribution in [3.05, 3.63) is 0 Å². The summed E-state index contributed by atoms with van der Waals surface area (Å²) in [4.78, 5) is 1.47. The Morgan fingerprint density at radius 2 is 1.67 bits per heavy atom. The van der Waals surface area contributed by atoms with Gasteiger partial charge in [0, 0.05) is 0 Å². The Balaban J connectivity index is 0. The van der Waals surface area contributed by atoms with Crippen LogP contribution in [0.25, 0.3) is 0 Å². The molecule has 0 rings (SSSR count). The summed E-state index contributed by atoms with van der Waals surface area (Å²) in [6.45, 7) is 7.72. The second-order valence-electron chi connectivity index (χ2n) is 1.93. The van der Waals surface area contributed by atoms with Gasteiger partial charge in [-0.2, -0.15) is 0 Å². The third-order valence-electron chi connectivity index (χ3n) is 1.47. The number of hydrogen-bond acceptors (Lipinski definition) is 1. The fraction of sp³-hybridized carbons (Fsp3) is 1.00. The number of halogens is 1. The van der Waals surface area contributed by atoms with Crippen molar-refractivity contribution in [2.75, 3.05) is 26.2 Å². The Labute approximate surface area is 74.3 Å². The predicted molar refractivity (Wildman–Crippen MR) is 34.0 cm³/mol. The normalized spacial score (nSPS) is 9.33. The van der Waals surface area contributed by atoms with Crippen molar-refractivity contribution >= 4 is 0 Å². The summed E-state index contributed by atoms with van der Waals surface area (Å²) in [6.07, 6.45) is 0. The molecule has 58 valence electrons. The molecule has 0 fully saturated rings. The molecule has 0 radical (unpaired) electrons. The smallest absolute Gasteiger partial charge is 0.101 e. The summed E-state index contributed by atoms with van der Waals surface area (Å²) in [5.41, 5.74) is 0. The van der Waals surface area contributed by atoms with Crippen molar-refractivity contribution in [3.63, 3.8) is 0 Å². The maximum atomic E-state index is 8.48. The van der Waals surface area contributed by atoms with E-state index in [4.69, 9.17) is 5.11 Å². The molecule has 0 amide bonds. The summed E-state index contributed by atoms with van der Waals surface area (Å²) in [5, 5.41) is 8.48. The lowest BCUT2D eigenvalue weighted by Gasteiger charge is -2.12. The zero-order valence-electron chi connectivity index (χ0n) is 6.15. The third kappa shape index (κ3) is 6.54. The van der Waals surface area contributed by atoms with Crippen LogP contribution in [-0.2, 0) is 0 Å². The molecule has 0 atom stereocenters. The lowest BCUT2D eigenvalue weighted by atomic mass is 10.5. The van der Waals surface area contributed by atoms with Crippen LogP contribution in [-0.4, -0.2) is 31.3 Å². The van der Waals surface area contributed by atoms with E-state index in [9.17, 15) is 0 Å². The summed E-state index contributed by atoms with van der Waals surface area (Å²) in [6, 6.07) is 0. The van der Waals surface area contributed by atoms with E-state index < -0.39 is 0 Å². The van der Waals surface area contributed by atoms with E-state index in [1.54, 1.807) is 0 Å². The van der Waals surface area contributed by atoms with Crippen molar-refractivity contribution in [3.8, 4) is 0 Å². The lowest BCUT2D eigenvalue weighted by molar-refractivity contribution is -0.896. The van der Waals surface area contributed by atoms with E-state index >= 15 is 0 Å². The molecule has 2 nitrogen and oxygen atoms in total. The first-order chi connectivity index (χ1) is 3.85. The minimum absolute atomic E-state index is 0. The molecular weight excluding hydrogens is 229 g/mol. The fourth-order valence-corrected chi connectivity index (χ4v) is 0.762. The summed E-state index contributed by atoms with van der Waals surface area (Å²) in [7, 11) is 0. The lowest BCUT2D eigenvalue weighted by Crippen LogP contribution is -3.11. The minimum atomic E-state index is 0. The maximum Gasteiger partial charge on any atom is 0.101 e. The number of hydrogen-bond donors (Lipinski definition) is 2. The molecule has 0 unspecified atom stereocenters. The molecule has 0 aromatic heterocycles. The van der Waals surface area contributed by atoms with Gasteiger partial charge in [-0.3, -0.25) is 0 Å². The van der Waals surface area contributed by atoms with Gasteiger partial charge in [-0.15, -0.1) is 0 Å². The van der Waals surface area contributed by atoms with Gasteiger partial charge in [0.15, 0.2) is 0 Å². The van der Waals surface area contributed by atoms with E-state index in [0.29, 0.717) is 6.61 Å². The van der Waals surface area contributed by atoms with E-state index in [0.717, 1.165) is 19.6 Å². The van der Waals surface area contributed by atoms with E-state index in [2.05, 4.69) is 13.8 Å². The van der Waals surface area contributed by atoms with Gasteiger partial charge in [0.05, 0.1) is 19.7 Å². The highest BCUT2D eigenvalue weighted by Crippen LogP contribution is 1.48. The van der Waals surface area contributed by atoms with E-state index in [1.165, 1.54) is 4.90 Å². The van der Waals surface area contributed by atoms with Crippen LogP contribution in [0.2, 0.25) is 0 Å². The molecule has 9 heavy (non-hydrogen) atoms. The number of likely N-dealkylation sites (N-methyl/N-ethyl adjacent to an activating group) is 1. The van der Waals surface area contributed by atoms with Crippen molar-refractivity contribution in [1.29, 1.82) is 0 Å². The minimum Gasteiger partial charge on any atom is -1.00 e. The quantitative estimate of drug-likeness (QED) is 0.484. The molecule has 0 aliphatic heterocycles. The number of aliphatic hydroxyl groups is 1. The van der Waals surface area contributed by atoms with Crippen LogP contribution in [0, 0.1) is 0 Å². The van der Waals surface area contributed by atoms with Crippen molar-refractivity contribution in [1.82, 2.24) is 0 Å². The summed E-state index contributed by atoms with van der Waals surface area (Å²) in [5.74, 6) is 0. The van der Waals surface area contributed by atoms with Crippen LogP contribution in [0.15, 0.2) is 0 Å². The Morgan fingerprint density at radius 3 is 1.78 bits per heavy atom. The average Bonchev–Trinajstić information content (AvgIpc) is 1.83. The van der Waals surface area contributed by atoms with Crippen molar-refractivity contribution < 1.29 is 34.0 Å². The van der Waals surface area contributed by atoms with Crippen LogP contribution >= 0.6 is 0 Å². The van der Waals surface area contributed by atoms with Gasteiger partial charge in [0.2, 0.25) is 0 Å². The molecule has 0 saturated carbocycles. The Bertz CT molecular complexity index is 48.3. The fourth-order valence-electron chi connectivity index (χ4n) is 0.762. The van der Waals surface area contributed by atoms with Gasteiger partial charge in [-0.25, -0.2) is 0 Å². The first-order valence-electron chi connectivity index (χ1n) is 3.29. The molecular formula is C6H16INO. The standard InChI is InChI=1S/C6H15NO.HI/c1-3-7(4-2)5-6-8;/h8H,3-6H2,1-2H3;1H. The van der Waals surface area contributed by atoms with Gasteiger partial charge < -0.3 is 34.0 Å². The molecule has 0 heterocycles. The second kappa shape index (κ2) is 8.65. The van der Waals surface area contributed by atoms with Gasteiger partial charge >= 0.3 is 0 Å². The highest BCUT2D eigenvalue weighted by atomic mass is 127. The van der Waals surface area contributed by atoms with Crippen molar-refractivity contribution in [2.24, 2.45) is 0 Å². The van der Waals surface area contributed by atoms with Gasteiger partial charge in [0.25, 0.3) is 0 Å². The number of quaternary nitrogens is 1. The highest BCUT2D eigenvalue weighted by molar-refractivity contribution is 4.19. The van der Waals surface area contributed by atoms with Crippen LogP contribution in [0.5, 0.6) is 0 Å². The Hall–Kier alpha value is 0.650. The second-order valence-corrected chi connectivity index (χ2v) is 1.93. The Morgan fingerprint density at radius 1 is 1.22 bits per heavy atom. The highest BCUT2D eigenvalue weighted by Gasteiger charge is 1.97. The zero-order valence-corrected chi connectivity index (χ0v) is 8.31. The number of rotatable bonds is 4. The van der Waals surface area contributed by atoms with E-state index in [1.807, 2.05) is 0 Å². The molecule has 0 bridgehead atoms. The molecule has 3 heteroatoms. The molecule has 0 aliphatic rings. The topological polar surface area (TPSA) is 24.7 Å². The average molecular weight is 245 g/mol. The first kappa shape index (κ1) is 12.3. The van der Waals surface area contributed by atoms with Crippen LogP contribution in [0.3, 0.4) is 0 Å². The van der Waals surface area contributed by atoms with Crippen LogP contribution in [0.1, 0.15) is 13.8 Å². The molecule has 0 aromatic rings. The monoisotopic (exact) mass is 245 g/mol. The predicted octanol–water partition coefficient (Wildman–Crippen LogP) is -4.09. The molecule has 2 N–H and O–H groups in total. The van der Waals surface area contributed by atoms with Gasteiger partial charge in [-0.1, -0.05) is 0 Å². The molecule has 0 aromatic carbocycles. The summed E-state index contributed by atoms with van der Waals surface area (Å²) >= 11 is 0. The first-order valence-corrected chi connectivity index (χ1v) is 3.29.